The molecule has 5 aliphatic rings. The fourth-order valence-electron chi connectivity index (χ4n) is 12.1. The van der Waals surface area contributed by atoms with Crippen molar-refractivity contribution in [1.82, 2.24) is 5.32 Å². The zero-order chi connectivity index (χ0) is 41.2. The molecule has 1 unspecified atom stereocenters. The summed E-state index contributed by atoms with van der Waals surface area (Å²) in [6.07, 6.45) is 8.15. The van der Waals surface area contributed by atoms with E-state index in [1.54, 1.807) is 0 Å². The van der Waals surface area contributed by atoms with Crippen molar-refractivity contribution in [3.8, 4) is 0 Å². The van der Waals surface area contributed by atoms with Gasteiger partial charge < -0.3 is 33.7 Å². The maximum absolute atomic E-state index is 13.1. The molecule has 1 aliphatic heterocycles. The van der Waals surface area contributed by atoms with Gasteiger partial charge in [-0.15, -0.1) is 0 Å². The normalized spacial score (nSPS) is 38.7. The van der Waals surface area contributed by atoms with Crippen LogP contribution in [0.25, 0.3) is 0 Å². The zero-order valence-electron chi connectivity index (χ0n) is 34.6. The number of hydrogen-bond donors (Lipinski definition) is 1. The Balaban J connectivity index is 1.32. The smallest absolute Gasteiger partial charge is 0.407 e. The van der Waals surface area contributed by atoms with Gasteiger partial charge in [0.2, 0.25) is 3.79 Å². The SMILES string of the molecule is CC(=O)OC[C@H]1OC(O[C@H]2CC[C@@]3(C)[C@@H](CC[C@@H]4[C@@H]3CC[C@]3(C)[C@@H]([C@H](C)CCCC(C)C)CC[C@@H]43)C2)[C@H](NC(=O)OCC(Cl)(Cl)Cl)[C@@H](OC(C)=O)[C@H]1OC(C)=O. The van der Waals surface area contributed by atoms with Crippen LogP contribution in [-0.2, 0) is 42.8 Å². The van der Waals surface area contributed by atoms with Gasteiger partial charge in [-0.1, -0.05) is 88.7 Å². The van der Waals surface area contributed by atoms with Gasteiger partial charge in [-0.2, -0.15) is 0 Å². The Morgan fingerprint density at radius 1 is 0.804 bits per heavy atom. The molecule has 11 nitrogen and oxygen atoms in total. The van der Waals surface area contributed by atoms with Crippen molar-refractivity contribution < 1.29 is 47.6 Å². The molecule has 5 fully saturated rings. The lowest BCUT2D eigenvalue weighted by Gasteiger charge is -2.61. The lowest BCUT2D eigenvalue weighted by molar-refractivity contribution is -0.293. The summed E-state index contributed by atoms with van der Waals surface area (Å²) in [6.45, 7) is 15.1. The average Bonchev–Trinajstić information content (AvgIpc) is 3.45. The van der Waals surface area contributed by atoms with Gasteiger partial charge in [-0.25, -0.2) is 4.79 Å². The quantitative estimate of drug-likeness (QED) is 0.0828. The van der Waals surface area contributed by atoms with Gasteiger partial charge in [0, 0.05) is 20.8 Å². The van der Waals surface area contributed by atoms with Gasteiger partial charge in [0.25, 0.3) is 0 Å². The van der Waals surface area contributed by atoms with E-state index in [9.17, 15) is 19.2 Å². The fourth-order valence-corrected chi connectivity index (χ4v) is 12.2. The molecule has 4 saturated carbocycles. The Morgan fingerprint density at radius 2 is 1.46 bits per heavy atom. The van der Waals surface area contributed by atoms with E-state index in [1.807, 2.05) is 0 Å². The van der Waals surface area contributed by atoms with E-state index in [1.165, 1.54) is 72.1 Å². The molecule has 1 heterocycles. The van der Waals surface area contributed by atoms with Crippen LogP contribution in [-0.4, -0.2) is 77.8 Å². The Kier molecular flexibility index (Phi) is 15.3. The number of esters is 3. The molecule has 0 aromatic heterocycles. The lowest BCUT2D eigenvalue weighted by atomic mass is 9.44. The lowest BCUT2D eigenvalue weighted by Crippen LogP contribution is -2.67. The third kappa shape index (κ3) is 10.8. The molecular formula is C42H66Cl3NO10. The van der Waals surface area contributed by atoms with E-state index in [4.69, 9.17) is 63.2 Å². The minimum atomic E-state index is -1.88. The van der Waals surface area contributed by atoms with Gasteiger partial charge in [0.15, 0.2) is 18.5 Å². The summed E-state index contributed by atoms with van der Waals surface area (Å²) in [5.41, 5.74) is 0.614. The van der Waals surface area contributed by atoms with Crippen LogP contribution < -0.4 is 5.32 Å². The second-order valence-corrected chi connectivity index (χ2v) is 21.1. The molecule has 0 spiro atoms. The van der Waals surface area contributed by atoms with Crippen molar-refractivity contribution in [2.24, 2.45) is 52.3 Å². The second kappa shape index (κ2) is 18.8. The Labute approximate surface area is 348 Å². The van der Waals surface area contributed by atoms with E-state index in [0.29, 0.717) is 17.3 Å². The van der Waals surface area contributed by atoms with Crippen molar-refractivity contribution in [3.05, 3.63) is 0 Å². The van der Waals surface area contributed by atoms with E-state index in [0.717, 1.165) is 55.3 Å². The molecule has 1 saturated heterocycles. The molecule has 0 aromatic rings. The Morgan fingerprint density at radius 3 is 2.11 bits per heavy atom. The summed E-state index contributed by atoms with van der Waals surface area (Å²) in [4.78, 5) is 49.8. The maximum atomic E-state index is 13.1. The number of hydrogen-bond acceptors (Lipinski definition) is 10. The first-order valence-electron chi connectivity index (χ1n) is 21.0. The number of nitrogens with one attached hydrogen (secondary N) is 1. The highest BCUT2D eigenvalue weighted by atomic mass is 35.6. The van der Waals surface area contributed by atoms with E-state index < -0.39 is 65.0 Å². The largest absolute Gasteiger partial charge is 0.463 e. The van der Waals surface area contributed by atoms with Crippen LogP contribution in [0.5, 0.6) is 0 Å². The van der Waals surface area contributed by atoms with E-state index >= 15 is 0 Å². The maximum Gasteiger partial charge on any atom is 0.407 e. The molecule has 0 bridgehead atoms. The van der Waals surface area contributed by atoms with Crippen molar-refractivity contribution in [2.45, 2.75) is 173 Å². The highest BCUT2D eigenvalue weighted by Gasteiger charge is 2.61. The predicted molar refractivity (Wildman–Crippen MR) is 213 cm³/mol. The molecule has 5 rings (SSSR count). The molecule has 0 aromatic carbocycles. The average molecular weight is 851 g/mol. The van der Waals surface area contributed by atoms with Gasteiger partial charge in [-0.05, 0) is 110 Å². The van der Waals surface area contributed by atoms with Crippen LogP contribution in [0.15, 0.2) is 0 Å². The summed E-state index contributed by atoms with van der Waals surface area (Å²) in [5.74, 6) is 3.02. The summed E-state index contributed by atoms with van der Waals surface area (Å²) in [6, 6.07) is -1.21. The number of carbonyl (C=O) groups is 4. The first-order valence-corrected chi connectivity index (χ1v) is 22.1. The number of alkyl halides is 3. The van der Waals surface area contributed by atoms with E-state index in [-0.39, 0.29) is 18.1 Å². The number of amides is 1. The summed E-state index contributed by atoms with van der Waals surface area (Å²) in [5, 5.41) is 2.67. The second-order valence-electron chi connectivity index (χ2n) is 18.6. The molecule has 56 heavy (non-hydrogen) atoms. The minimum absolute atomic E-state index is 0.190. The van der Waals surface area contributed by atoms with Crippen LogP contribution in [0.1, 0.15) is 132 Å². The first kappa shape index (κ1) is 45.6. The zero-order valence-corrected chi connectivity index (χ0v) is 36.9. The van der Waals surface area contributed by atoms with Crippen molar-refractivity contribution >= 4 is 58.8 Å². The van der Waals surface area contributed by atoms with Crippen LogP contribution >= 0.6 is 34.8 Å². The number of alkyl carbamates (subject to hydrolysis) is 1. The number of rotatable bonds is 13. The molecule has 1 N–H and O–H groups in total. The molecule has 4 aliphatic carbocycles. The predicted octanol–water partition coefficient (Wildman–Crippen LogP) is 9.11. The molecule has 14 atom stereocenters. The topological polar surface area (TPSA) is 136 Å². The Bertz CT molecular complexity index is 1390. The minimum Gasteiger partial charge on any atom is -0.463 e. The molecule has 1 amide bonds. The summed E-state index contributed by atoms with van der Waals surface area (Å²) >= 11 is 17.5. The third-order valence-electron chi connectivity index (χ3n) is 14.5. The van der Waals surface area contributed by atoms with Crippen LogP contribution in [0, 0.1) is 52.3 Å². The summed E-state index contributed by atoms with van der Waals surface area (Å²) < 4.78 is 33.0. The molecule has 320 valence electrons. The van der Waals surface area contributed by atoms with Crippen LogP contribution in [0.2, 0.25) is 0 Å². The van der Waals surface area contributed by atoms with Crippen molar-refractivity contribution in [3.63, 3.8) is 0 Å². The van der Waals surface area contributed by atoms with Crippen LogP contribution in [0.4, 0.5) is 4.79 Å². The van der Waals surface area contributed by atoms with E-state index in [2.05, 4.69) is 39.9 Å². The Hall–Kier alpha value is -1.53. The highest BCUT2D eigenvalue weighted by Crippen LogP contribution is 2.68. The molecule has 14 heteroatoms. The summed E-state index contributed by atoms with van der Waals surface area (Å²) in [7, 11) is 0. The van der Waals surface area contributed by atoms with Crippen LogP contribution in [0.3, 0.4) is 0 Å². The van der Waals surface area contributed by atoms with Gasteiger partial charge in [-0.3, -0.25) is 14.4 Å². The number of ether oxygens (including phenoxy) is 6. The van der Waals surface area contributed by atoms with Gasteiger partial charge in [0.05, 0.1) is 6.10 Å². The molecule has 0 radical (unpaired) electrons. The molecular weight excluding hydrogens is 785 g/mol. The fraction of sp³-hybridized carbons (Fsp3) is 0.905. The van der Waals surface area contributed by atoms with Gasteiger partial charge in [0.1, 0.15) is 25.4 Å². The van der Waals surface area contributed by atoms with Crippen molar-refractivity contribution in [1.29, 1.82) is 0 Å². The number of carbonyl (C=O) groups excluding carboxylic acids is 4. The third-order valence-corrected chi connectivity index (χ3v) is 14.8. The highest BCUT2D eigenvalue weighted by molar-refractivity contribution is 6.67. The number of halogens is 3. The monoisotopic (exact) mass is 849 g/mol. The standard InChI is InChI=1S/C42H66Cl3NO10/c1-23(2)10-9-11-24(3)31-14-15-32-30-13-12-28-20-29(16-18-40(28,7)33(30)17-19-41(31,32)8)55-38-35(46-39(50)52-22-42(43,44)45)37(54-27(6)49)36(53-26(5)48)34(56-38)21-51-25(4)47/h23-24,28-38H,9-22H2,1-8H3,(H,46,50)/t24-,28+,29+,30+,31-,32+,33+,34-,35-,36+,37-,38?,40+,41-/m1/s1. The number of fused-ring (bicyclic) bond motifs is 5. The van der Waals surface area contributed by atoms with Crippen molar-refractivity contribution in [2.75, 3.05) is 13.2 Å². The van der Waals surface area contributed by atoms with Gasteiger partial charge >= 0.3 is 24.0 Å². The first-order chi connectivity index (χ1) is 26.2.